The molecule has 0 unspecified atom stereocenters. The lowest BCUT2D eigenvalue weighted by molar-refractivity contribution is -0.102. The van der Waals surface area contributed by atoms with E-state index in [-0.39, 0.29) is 6.54 Å². The van der Waals surface area contributed by atoms with E-state index in [1.54, 1.807) is 12.4 Å². The molecular weight excluding hydrogens is 396 g/mol. The van der Waals surface area contributed by atoms with Crippen LogP contribution in [0.1, 0.15) is 12.6 Å². The van der Waals surface area contributed by atoms with E-state index in [1.807, 2.05) is 29.5 Å². The van der Waals surface area contributed by atoms with Crippen LogP contribution in [-0.2, 0) is 11.3 Å². The van der Waals surface area contributed by atoms with Gasteiger partial charge in [-0.2, -0.15) is 15.1 Å². The molecule has 1 aliphatic heterocycles. The van der Waals surface area contributed by atoms with Gasteiger partial charge < -0.3 is 19.8 Å². The second kappa shape index (κ2) is 8.92. The minimum Gasteiger partial charge on any atom is -0.477 e. The van der Waals surface area contributed by atoms with Gasteiger partial charge in [0, 0.05) is 25.8 Å². The number of aromatic amines is 1. The maximum Gasteiger partial charge on any atom is 0.265 e. The zero-order valence-electron chi connectivity index (χ0n) is 16.9. The van der Waals surface area contributed by atoms with Crippen molar-refractivity contribution in [2.75, 3.05) is 38.2 Å². The van der Waals surface area contributed by atoms with Crippen molar-refractivity contribution in [2.24, 2.45) is 0 Å². The Morgan fingerprint density at radius 2 is 2.23 bits per heavy atom. The fraction of sp³-hybridized carbons (Fsp3) is 0.526. The molecular formula is C19H25F2N7O2. The van der Waals surface area contributed by atoms with Crippen LogP contribution < -0.4 is 10.1 Å². The number of morpholine rings is 1. The summed E-state index contributed by atoms with van der Waals surface area (Å²) in [5, 5.41) is 8.43. The maximum atomic E-state index is 12.9. The molecule has 0 radical (unpaired) electrons. The zero-order chi connectivity index (χ0) is 21.1. The summed E-state index contributed by atoms with van der Waals surface area (Å²) in [6.07, 6.45) is 0.0150. The Morgan fingerprint density at radius 1 is 1.37 bits per heavy atom. The Morgan fingerprint density at radius 3 is 3.03 bits per heavy atom. The third-order valence-corrected chi connectivity index (χ3v) is 5.10. The first kappa shape index (κ1) is 20.5. The van der Waals surface area contributed by atoms with Crippen LogP contribution in [0.15, 0.2) is 18.5 Å². The van der Waals surface area contributed by atoms with Crippen LogP contribution in [0.3, 0.4) is 0 Å². The first-order valence-corrected chi connectivity index (χ1v) is 9.94. The molecule has 1 aliphatic rings. The van der Waals surface area contributed by atoms with E-state index in [2.05, 4.69) is 25.4 Å². The lowest BCUT2D eigenvalue weighted by atomic mass is 10.3. The summed E-state index contributed by atoms with van der Waals surface area (Å²) < 4.78 is 38.3. The SMILES string of the molecule is CCOc1nc(Nc2cnn(CCN3CCO[C@@H](C(F)F)C3)c2C)nc2[nH]ccc12. The minimum atomic E-state index is -2.46. The number of hydrogen-bond donors (Lipinski definition) is 2. The van der Waals surface area contributed by atoms with Gasteiger partial charge in [0.05, 0.1) is 42.7 Å². The third kappa shape index (κ3) is 4.36. The molecule has 1 saturated heterocycles. The van der Waals surface area contributed by atoms with Crippen LogP contribution >= 0.6 is 0 Å². The van der Waals surface area contributed by atoms with Crippen molar-refractivity contribution in [2.45, 2.75) is 32.9 Å². The molecule has 9 nitrogen and oxygen atoms in total. The number of ether oxygens (including phenoxy) is 2. The molecule has 1 fully saturated rings. The molecule has 1 atom stereocenters. The van der Waals surface area contributed by atoms with Gasteiger partial charge in [0.1, 0.15) is 11.8 Å². The maximum absolute atomic E-state index is 12.9. The van der Waals surface area contributed by atoms with Gasteiger partial charge in [-0.05, 0) is 19.9 Å². The molecule has 162 valence electrons. The number of nitrogens with zero attached hydrogens (tertiary/aromatic N) is 5. The summed E-state index contributed by atoms with van der Waals surface area (Å²) in [5.74, 6) is 0.918. The van der Waals surface area contributed by atoms with Gasteiger partial charge in [-0.25, -0.2) is 8.78 Å². The smallest absolute Gasteiger partial charge is 0.265 e. The highest BCUT2D eigenvalue weighted by Gasteiger charge is 2.27. The summed E-state index contributed by atoms with van der Waals surface area (Å²) in [6, 6.07) is 1.87. The molecule has 4 heterocycles. The Kier molecular flexibility index (Phi) is 6.09. The van der Waals surface area contributed by atoms with Crippen LogP contribution in [0, 0.1) is 6.92 Å². The van der Waals surface area contributed by atoms with E-state index in [0.717, 1.165) is 16.8 Å². The van der Waals surface area contributed by atoms with E-state index in [1.165, 1.54) is 0 Å². The van der Waals surface area contributed by atoms with Gasteiger partial charge in [0.25, 0.3) is 6.43 Å². The van der Waals surface area contributed by atoms with Crippen molar-refractivity contribution < 1.29 is 18.3 Å². The molecule has 0 saturated carbocycles. The average molecular weight is 421 g/mol. The van der Waals surface area contributed by atoms with Gasteiger partial charge >= 0.3 is 0 Å². The molecule has 4 rings (SSSR count). The predicted molar refractivity (Wildman–Crippen MR) is 107 cm³/mol. The van der Waals surface area contributed by atoms with E-state index < -0.39 is 12.5 Å². The number of anilines is 2. The fourth-order valence-corrected chi connectivity index (χ4v) is 3.45. The summed E-state index contributed by atoms with van der Waals surface area (Å²) in [6.45, 7) is 6.74. The van der Waals surface area contributed by atoms with Crippen LogP contribution in [-0.4, -0.2) is 75.0 Å². The van der Waals surface area contributed by atoms with Crippen LogP contribution in [0.2, 0.25) is 0 Å². The summed E-state index contributed by atoms with van der Waals surface area (Å²) >= 11 is 0. The topological polar surface area (TPSA) is 93.1 Å². The summed E-state index contributed by atoms with van der Waals surface area (Å²) in [7, 11) is 0. The van der Waals surface area contributed by atoms with Gasteiger partial charge in [0.2, 0.25) is 11.8 Å². The number of aromatic nitrogens is 5. The lowest BCUT2D eigenvalue weighted by Gasteiger charge is -2.32. The quantitative estimate of drug-likeness (QED) is 0.577. The van der Waals surface area contributed by atoms with Crippen molar-refractivity contribution in [1.82, 2.24) is 29.6 Å². The molecule has 0 aromatic carbocycles. The minimum absolute atomic E-state index is 0.229. The number of fused-ring (bicyclic) bond motifs is 1. The number of halogens is 2. The average Bonchev–Trinajstić information content (AvgIpc) is 3.34. The third-order valence-electron chi connectivity index (χ3n) is 5.10. The van der Waals surface area contributed by atoms with Crippen molar-refractivity contribution in [1.29, 1.82) is 0 Å². The molecule has 0 amide bonds. The zero-order valence-corrected chi connectivity index (χ0v) is 16.9. The van der Waals surface area contributed by atoms with Crippen molar-refractivity contribution in [3.05, 3.63) is 24.2 Å². The second-order valence-electron chi connectivity index (χ2n) is 7.06. The Labute approximate surface area is 172 Å². The molecule has 3 aromatic heterocycles. The number of H-pyrrole nitrogens is 1. The highest BCUT2D eigenvalue weighted by Crippen LogP contribution is 2.25. The number of nitrogens with one attached hydrogen (secondary N) is 2. The largest absolute Gasteiger partial charge is 0.477 e. The predicted octanol–water partition coefficient (Wildman–Crippen LogP) is 2.57. The molecule has 30 heavy (non-hydrogen) atoms. The van der Waals surface area contributed by atoms with E-state index in [9.17, 15) is 8.78 Å². The summed E-state index contributed by atoms with van der Waals surface area (Å²) in [4.78, 5) is 14.0. The van der Waals surface area contributed by atoms with E-state index in [4.69, 9.17) is 9.47 Å². The van der Waals surface area contributed by atoms with Gasteiger partial charge in [0.15, 0.2) is 0 Å². The first-order chi connectivity index (χ1) is 14.5. The van der Waals surface area contributed by atoms with Gasteiger partial charge in [-0.1, -0.05) is 0 Å². The van der Waals surface area contributed by atoms with Crippen molar-refractivity contribution >= 4 is 22.7 Å². The van der Waals surface area contributed by atoms with E-state index in [0.29, 0.717) is 50.3 Å². The monoisotopic (exact) mass is 421 g/mol. The number of rotatable bonds is 8. The fourth-order valence-electron chi connectivity index (χ4n) is 3.45. The highest BCUT2D eigenvalue weighted by molar-refractivity contribution is 5.82. The molecule has 0 spiro atoms. The standard InChI is InChI=1S/C19H25F2N7O2/c1-3-29-18-13-4-5-22-17(13)25-19(26-18)24-14-10-23-28(12(14)2)7-6-27-8-9-30-15(11-27)16(20)21/h4-5,10,15-16H,3,6-9,11H2,1-2H3,(H2,22,24,25,26)/t15-/m1/s1. The molecule has 3 aromatic rings. The molecule has 2 N–H and O–H groups in total. The Bertz CT molecular complexity index is 991. The van der Waals surface area contributed by atoms with Crippen molar-refractivity contribution in [3.63, 3.8) is 0 Å². The Hall–Kier alpha value is -2.79. The van der Waals surface area contributed by atoms with Gasteiger partial charge in [-0.3, -0.25) is 9.58 Å². The number of hydrogen-bond acceptors (Lipinski definition) is 7. The van der Waals surface area contributed by atoms with Crippen LogP contribution in [0.25, 0.3) is 11.0 Å². The second-order valence-corrected chi connectivity index (χ2v) is 7.06. The van der Waals surface area contributed by atoms with Crippen LogP contribution in [0.5, 0.6) is 5.88 Å². The first-order valence-electron chi connectivity index (χ1n) is 9.94. The van der Waals surface area contributed by atoms with Gasteiger partial charge in [-0.15, -0.1) is 0 Å². The molecule has 11 heteroatoms. The summed E-state index contributed by atoms with van der Waals surface area (Å²) in [5.41, 5.74) is 2.36. The number of alkyl halides is 2. The van der Waals surface area contributed by atoms with Crippen molar-refractivity contribution in [3.8, 4) is 5.88 Å². The molecule has 0 aliphatic carbocycles. The molecule has 0 bridgehead atoms. The van der Waals surface area contributed by atoms with Crippen LogP contribution in [0.4, 0.5) is 20.4 Å². The van der Waals surface area contributed by atoms with E-state index >= 15 is 0 Å². The Balaban J connectivity index is 1.43. The normalized spacial score (nSPS) is 17.7. The highest BCUT2D eigenvalue weighted by atomic mass is 19.3. The lowest BCUT2D eigenvalue weighted by Crippen LogP contribution is -2.46.